The minimum atomic E-state index is -0.883. The lowest BCUT2D eigenvalue weighted by molar-refractivity contribution is -0.384. The number of hydrogen-bond donors (Lipinski definition) is 2. The largest absolute Gasteiger partial charge is 0.496 e. The van der Waals surface area contributed by atoms with E-state index in [1.54, 1.807) is 36.6 Å². The Morgan fingerprint density at radius 2 is 1.75 bits per heavy atom. The average molecular weight is 384 g/mol. The molecule has 0 bridgehead atoms. The van der Waals surface area contributed by atoms with Crippen LogP contribution < -0.4 is 15.4 Å². The van der Waals surface area contributed by atoms with Crippen molar-refractivity contribution < 1.29 is 24.0 Å². The number of benzene rings is 1. The summed E-state index contributed by atoms with van der Waals surface area (Å²) >= 11 is 0. The number of barbiturate groups is 1. The molecule has 0 spiro atoms. The molecule has 0 atom stereocenters. The second-order valence-corrected chi connectivity index (χ2v) is 6.07. The van der Waals surface area contributed by atoms with Gasteiger partial charge in [-0.3, -0.25) is 30.3 Å². The molecule has 2 heterocycles. The molecular weight excluding hydrogens is 368 g/mol. The molecule has 1 aromatic carbocycles. The van der Waals surface area contributed by atoms with Crippen molar-refractivity contribution in [3.8, 4) is 11.4 Å². The molecule has 1 aliphatic heterocycles. The summed E-state index contributed by atoms with van der Waals surface area (Å²) in [6.45, 7) is 3.45. The minimum absolute atomic E-state index is 0.154. The van der Waals surface area contributed by atoms with Crippen molar-refractivity contribution in [2.75, 3.05) is 7.11 Å². The van der Waals surface area contributed by atoms with Crippen molar-refractivity contribution in [3.05, 3.63) is 56.9 Å². The van der Waals surface area contributed by atoms with Gasteiger partial charge < -0.3 is 9.30 Å². The van der Waals surface area contributed by atoms with E-state index in [1.165, 1.54) is 19.3 Å². The van der Waals surface area contributed by atoms with Crippen molar-refractivity contribution in [1.82, 2.24) is 15.2 Å². The van der Waals surface area contributed by atoms with E-state index in [1.807, 2.05) is 10.6 Å². The van der Waals surface area contributed by atoms with Gasteiger partial charge in [-0.15, -0.1) is 0 Å². The number of rotatable bonds is 4. The molecular formula is C18H16N4O6. The summed E-state index contributed by atoms with van der Waals surface area (Å²) < 4.78 is 6.70. The first-order valence-corrected chi connectivity index (χ1v) is 8.13. The Balaban J connectivity index is 2.13. The highest BCUT2D eigenvalue weighted by molar-refractivity contribution is 6.31. The first-order valence-electron chi connectivity index (χ1n) is 8.13. The first kappa shape index (κ1) is 18.8. The van der Waals surface area contributed by atoms with Gasteiger partial charge in [0.2, 0.25) is 0 Å². The van der Waals surface area contributed by atoms with Gasteiger partial charge in [-0.25, -0.2) is 4.79 Å². The molecule has 4 amide bonds. The van der Waals surface area contributed by atoms with Gasteiger partial charge in [0.25, 0.3) is 17.5 Å². The maximum absolute atomic E-state index is 11.9. The topological polar surface area (TPSA) is 133 Å². The molecule has 28 heavy (non-hydrogen) atoms. The highest BCUT2D eigenvalue weighted by atomic mass is 16.6. The lowest BCUT2D eigenvalue weighted by Crippen LogP contribution is -2.51. The molecule has 3 rings (SSSR count). The molecule has 0 radical (unpaired) electrons. The maximum Gasteiger partial charge on any atom is 0.328 e. The van der Waals surface area contributed by atoms with Crippen molar-refractivity contribution in [2.45, 2.75) is 13.8 Å². The second-order valence-electron chi connectivity index (χ2n) is 6.07. The van der Waals surface area contributed by atoms with Crippen molar-refractivity contribution in [2.24, 2.45) is 0 Å². The predicted octanol–water partition coefficient (Wildman–Crippen LogP) is 1.76. The molecule has 2 N–H and O–H groups in total. The summed E-state index contributed by atoms with van der Waals surface area (Å²) in [6.07, 6.45) is 1.34. The van der Waals surface area contributed by atoms with E-state index < -0.39 is 22.8 Å². The Hall–Kier alpha value is -3.95. The molecule has 1 fully saturated rings. The number of nitrogens with zero attached hydrogens (tertiary/aromatic N) is 2. The number of imide groups is 2. The number of carbonyl (C=O) groups is 3. The van der Waals surface area contributed by atoms with Crippen LogP contribution in [0.5, 0.6) is 5.75 Å². The van der Waals surface area contributed by atoms with Gasteiger partial charge >= 0.3 is 6.03 Å². The fourth-order valence-corrected chi connectivity index (χ4v) is 3.03. The highest BCUT2D eigenvalue weighted by Crippen LogP contribution is 2.32. The summed E-state index contributed by atoms with van der Waals surface area (Å²) in [5.74, 6) is -1.27. The molecule has 10 nitrogen and oxygen atoms in total. The van der Waals surface area contributed by atoms with E-state index in [-0.39, 0.29) is 11.3 Å². The average Bonchev–Trinajstić information content (AvgIpc) is 2.91. The zero-order valence-electron chi connectivity index (χ0n) is 15.2. The normalized spacial score (nSPS) is 13.8. The standard InChI is InChI=1S/C18H16N4O6/c1-9-6-11(7-13-16(23)19-18(25)20-17(13)24)10(2)21(9)14-5-4-12(28-3)8-15(14)22(26)27/h4-8H,1-3H3,(H2,19,20,23,24,25). The third-order valence-electron chi connectivity index (χ3n) is 4.33. The van der Waals surface area contributed by atoms with Gasteiger partial charge in [0.15, 0.2) is 0 Å². The maximum atomic E-state index is 11.9. The van der Waals surface area contributed by atoms with Crippen LogP contribution >= 0.6 is 0 Å². The minimum Gasteiger partial charge on any atom is -0.496 e. The number of amides is 4. The number of ether oxygens (including phenoxy) is 1. The van der Waals surface area contributed by atoms with Crippen molar-refractivity contribution in [1.29, 1.82) is 0 Å². The molecule has 10 heteroatoms. The van der Waals surface area contributed by atoms with Gasteiger partial charge in [-0.05, 0) is 43.7 Å². The van der Waals surface area contributed by atoms with Crippen LogP contribution in [0.3, 0.4) is 0 Å². The smallest absolute Gasteiger partial charge is 0.328 e. The predicted molar refractivity (Wildman–Crippen MR) is 98.1 cm³/mol. The Morgan fingerprint density at radius 1 is 1.11 bits per heavy atom. The molecule has 144 valence electrons. The number of aryl methyl sites for hydroxylation is 1. The summed E-state index contributed by atoms with van der Waals surface area (Å²) in [5.41, 5.74) is 1.68. The molecule has 0 aliphatic carbocycles. The van der Waals surface area contributed by atoms with Crippen LogP contribution in [0.2, 0.25) is 0 Å². The fourth-order valence-electron chi connectivity index (χ4n) is 3.03. The van der Waals surface area contributed by atoms with Gasteiger partial charge in [0.1, 0.15) is 17.0 Å². The Labute approximate surface area is 158 Å². The van der Waals surface area contributed by atoms with E-state index in [0.29, 0.717) is 28.4 Å². The summed E-state index contributed by atoms with van der Waals surface area (Å²) in [4.78, 5) is 46.0. The molecule has 1 saturated heterocycles. The lowest BCUT2D eigenvalue weighted by Gasteiger charge is -2.14. The summed E-state index contributed by atoms with van der Waals surface area (Å²) in [7, 11) is 1.42. The highest BCUT2D eigenvalue weighted by Gasteiger charge is 2.28. The summed E-state index contributed by atoms with van der Waals surface area (Å²) in [6, 6.07) is 5.29. The molecule has 1 aliphatic rings. The van der Waals surface area contributed by atoms with E-state index in [0.717, 1.165) is 0 Å². The number of nitro benzene ring substituents is 1. The van der Waals surface area contributed by atoms with Crippen LogP contribution in [0.25, 0.3) is 11.8 Å². The molecule has 0 unspecified atom stereocenters. The van der Waals surface area contributed by atoms with Crippen LogP contribution in [0.15, 0.2) is 29.8 Å². The van der Waals surface area contributed by atoms with Gasteiger partial charge in [0, 0.05) is 11.4 Å². The number of nitro groups is 1. The van der Waals surface area contributed by atoms with Crippen LogP contribution in [0, 0.1) is 24.0 Å². The summed E-state index contributed by atoms with van der Waals surface area (Å²) in [5, 5.41) is 15.5. The molecule has 1 aromatic heterocycles. The number of nitrogens with one attached hydrogen (secondary N) is 2. The fraction of sp³-hybridized carbons (Fsp3) is 0.167. The van der Waals surface area contributed by atoms with Gasteiger partial charge in [-0.2, -0.15) is 0 Å². The van der Waals surface area contributed by atoms with Crippen LogP contribution in [-0.2, 0) is 9.59 Å². The van der Waals surface area contributed by atoms with Crippen LogP contribution in [0.4, 0.5) is 10.5 Å². The third-order valence-corrected chi connectivity index (χ3v) is 4.33. The Kier molecular flexibility index (Phi) is 4.70. The molecule has 0 saturated carbocycles. The van der Waals surface area contributed by atoms with Crippen LogP contribution in [0.1, 0.15) is 17.0 Å². The van der Waals surface area contributed by atoms with Crippen molar-refractivity contribution in [3.63, 3.8) is 0 Å². The van der Waals surface area contributed by atoms with E-state index in [9.17, 15) is 24.5 Å². The number of methoxy groups -OCH3 is 1. The quantitative estimate of drug-likeness (QED) is 0.357. The van der Waals surface area contributed by atoms with Crippen LogP contribution in [-0.4, -0.2) is 34.4 Å². The van der Waals surface area contributed by atoms with Gasteiger partial charge in [0.05, 0.1) is 18.1 Å². The van der Waals surface area contributed by atoms with E-state index in [2.05, 4.69) is 0 Å². The number of urea groups is 1. The van der Waals surface area contributed by atoms with E-state index in [4.69, 9.17) is 4.74 Å². The molecule has 2 aromatic rings. The Morgan fingerprint density at radius 3 is 2.32 bits per heavy atom. The SMILES string of the molecule is COc1ccc(-n2c(C)cc(C=C3C(=O)NC(=O)NC3=O)c2C)c([N+](=O)[O-])c1. The Bertz CT molecular complexity index is 1040. The first-order chi connectivity index (χ1) is 13.2. The zero-order valence-corrected chi connectivity index (χ0v) is 15.2. The zero-order chi connectivity index (χ0) is 20.6. The number of aromatic nitrogens is 1. The number of hydrogen-bond acceptors (Lipinski definition) is 6. The van der Waals surface area contributed by atoms with E-state index >= 15 is 0 Å². The third kappa shape index (κ3) is 3.22. The monoisotopic (exact) mass is 384 g/mol. The van der Waals surface area contributed by atoms with Gasteiger partial charge in [-0.1, -0.05) is 0 Å². The number of carbonyl (C=O) groups excluding carboxylic acids is 3. The second kappa shape index (κ2) is 6.99. The van der Waals surface area contributed by atoms with Crippen molar-refractivity contribution >= 4 is 29.6 Å². The lowest BCUT2D eigenvalue weighted by atomic mass is 10.1.